The molecule has 4 fully saturated rings. The van der Waals surface area contributed by atoms with Crippen molar-refractivity contribution in [1.29, 1.82) is 0 Å². The first-order valence-corrected chi connectivity index (χ1v) is 10.9. The molecule has 0 saturated heterocycles. The van der Waals surface area contributed by atoms with Gasteiger partial charge in [0.2, 0.25) is 5.91 Å². The van der Waals surface area contributed by atoms with Crippen molar-refractivity contribution in [2.75, 3.05) is 5.32 Å². The molecule has 4 bridgehead atoms. The number of halogens is 1. The van der Waals surface area contributed by atoms with Gasteiger partial charge >= 0.3 is 0 Å². The molecule has 2 heterocycles. The lowest BCUT2D eigenvalue weighted by molar-refractivity contribution is -0.122. The third-order valence-corrected chi connectivity index (χ3v) is 7.55. The number of rotatable bonds is 6. The molecule has 8 nitrogen and oxygen atoms in total. The van der Waals surface area contributed by atoms with E-state index in [-0.39, 0.29) is 23.6 Å². The Bertz CT molecular complexity index is 980. The Balaban J connectivity index is 1.26. The fraction of sp³-hybridized carbons (Fsp3) is 0.550. The van der Waals surface area contributed by atoms with Crippen LogP contribution in [0.5, 0.6) is 0 Å². The monoisotopic (exact) mass is 458 g/mol. The van der Waals surface area contributed by atoms with Gasteiger partial charge in [0.05, 0.1) is 18.1 Å². The standard InChI is InChI=1S/C20H23BrN6O2/c21-18-16(26-20-6-13-3-14(7-20)5-15(20)4-13)10-25-27(19(18)29)11-17(28)22-8-12-1-2-23-24-9-12/h1-2,9-10,13-15,26H,3-8,11H2,(H,22,28). The summed E-state index contributed by atoms with van der Waals surface area (Å²) in [6.45, 7) is 0.199. The molecule has 0 aromatic carbocycles. The summed E-state index contributed by atoms with van der Waals surface area (Å²) in [5.74, 6) is 2.07. The van der Waals surface area contributed by atoms with Crippen molar-refractivity contribution in [2.45, 2.75) is 50.7 Å². The van der Waals surface area contributed by atoms with Gasteiger partial charge in [0.1, 0.15) is 11.0 Å². The normalized spacial score (nSPS) is 29.2. The van der Waals surface area contributed by atoms with Gasteiger partial charge in [-0.15, -0.1) is 0 Å². The molecule has 4 aliphatic carbocycles. The van der Waals surface area contributed by atoms with E-state index >= 15 is 0 Å². The van der Waals surface area contributed by atoms with Crippen molar-refractivity contribution in [3.8, 4) is 0 Å². The second-order valence-electron chi connectivity index (χ2n) is 8.69. The molecule has 6 rings (SSSR count). The predicted molar refractivity (Wildman–Crippen MR) is 110 cm³/mol. The highest BCUT2D eigenvalue weighted by molar-refractivity contribution is 9.10. The summed E-state index contributed by atoms with van der Waals surface area (Å²) in [5.41, 5.74) is 1.40. The number of carbonyl (C=O) groups excluding carboxylic acids is 1. The number of amides is 1. The van der Waals surface area contributed by atoms with Crippen LogP contribution in [0.1, 0.15) is 37.7 Å². The fourth-order valence-corrected chi connectivity index (χ4v) is 6.15. The van der Waals surface area contributed by atoms with Crippen molar-refractivity contribution in [1.82, 2.24) is 25.3 Å². The first kappa shape index (κ1) is 18.7. The second kappa shape index (κ2) is 7.19. The number of hydrogen-bond donors (Lipinski definition) is 2. The van der Waals surface area contributed by atoms with E-state index in [0.717, 1.165) is 23.1 Å². The predicted octanol–water partition coefficient (Wildman–Crippen LogP) is 2.10. The highest BCUT2D eigenvalue weighted by atomic mass is 79.9. The molecular formula is C20H23BrN6O2. The smallest absolute Gasteiger partial charge is 0.283 e. The maximum absolute atomic E-state index is 12.8. The molecule has 29 heavy (non-hydrogen) atoms. The molecule has 152 valence electrons. The van der Waals surface area contributed by atoms with E-state index in [1.54, 1.807) is 24.7 Å². The Kier molecular flexibility index (Phi) is 4.64. The minimum absolute atomic E-state index is 0.117. The lowest BCUT2D eigenvalue weighted by Crippen LogP contribution is -2.40. The molecule has 1 amide bonds. The number of carbonyl (C=O) groups is 1. The van der Waals surface area contributed by atoms with Crippen molar-refractivity contribution in [2.24, 2.45) is 17.8 Å². The van der Waals surface area contributed by atoms with E-state index in [1.807, 2.05) is 0 Å². The van der Waals surface area contributed by atoms with Crippen molar-refractivity contribution in [3.05, 3.63) is 45.0 Å². The van der Waals surface area contributed by atoms with Crippen LogP contribution in [0.25, 0.3) is 0 Å². The maximum Gasteiger partial charge on any atom is 0.283 e. The summed E-state index contributed by atoms with van der Waals surface area (Å²) < 4.78 is 1.63. The van der Waals surface area contributed by atoms with E-state index in [2.05, 4.69) is 41.9 Å². The zero-order chi connectivity index (χ0) is 20.0. The fourth-order valence-electron chi connectivity index (χ4n) is 5.75. The highest BCUT2D eigenvalue weighted by Crippen LogP contribution is 2.61. The molecule has 2 N–H and O–H groups in total. The quantitative estimate of drug-likeness (QED) is 0.686. The van der Waals surface area contributed by atoms with Gasteiger partial charge in [-0.05, 0) is 77.4 Å². The average Bonchev–Trinajstić information content (AvgIpc) is 3.10. The van der Waals surface area contributed by atoms with E-state index in [1.165, 1.54) is 36.8 Å². The van der Waals surface area contributed by atoms with Crippen LogP contribution < -0.4 is 16.2 Å². The summed E-state index contributed by atoms with van der Waals surface area (Å²) >= 11 is 3.44. The molecule has 2 atom stereocenters. The molecule has 0 aliphatic heterocycles. The first-order valence-electron chi connectivity index (χ1n) is 10.1. The van der Waals surface area contributed by atoms with E-state index in [0.29, 0.717) is 16.9 Å². The van der Waals surface area contributed by atoms with Gasteiger partial charge in [0.25, 0.3) is 5.56 Å². The van der Waals surface area contributed by atoms with Gasteiger partial charge in [-0.25, -0.2) is 4.68 Å². The summed E-state index contributed by atoms with van der Waals surface area (Å²) in [6, 6.07) is 1.78. The molecule has 2 aromatic heterocycles. The topological polar surface area (TPSA) is 102 Å². The maximum atomic E-state index is 12.8. The van der Waals surface area contributed by atoms with Gasteiger partial charge in [0.15, 0.2) is 0 Å². The van der Waals surface area contributed by atoms with E-state index in [9.17, 15) is 9.59 Å². The third kappa shape index (κ3) is 3.45. The van der Waals surface area contributed by atoms with Gasteiger partial charge < -0.3 is 10.6 Å². The van der Waals surface area contributed by atoms with Gasteiger partial charge in [-0.1, -0.05) is 0 Å². The summed E-state index contributed by atoms with van der Waals surface area (Å²) in [5, 5.41) is 18.2. The van der Waals surface area contributed by atoms with Crippen LogP contribution >= 0.6 is 15.9 Å². The van der Waals surface area contributed by atoms with E-state index in [4.69, 9.17) is 0 Å². The minimum atomic E-state index is -0.301. The molecular weight excluding hydrogens is 436 g/mol. The Morgan fingerprint density at radius 3 is 2.72 bits per heavy atom. The summed E-state index contributed by atoms with van der Waals surface area (Å²) in [7, 11) is 0. The number of hydrogen-bond acceptors (Lipinski definition) is 6. The first-order chi connectivity index (χ1) is 14.0. The van der Waals surface area contributed by atoms with Crippen LogP contribution in [0.15, 0.2) is 33.9 Å². The Hall–Kier alpha value is -2.29. The summed E-state index contributed by atoms with van der Waals surface area (Å²) in [6.07, 6.45) is 11.2. The van der Waals surface area contributed by atoms with Crippen molar-refractivity contribution < 1.29 is 4.79 Å². The van der Waals surface area contributed by atoms with Crippen LogP contribution in [-0.4, -0.2) is 31.4 Å². The number of nitrogens with one attached hydrogen (secondary N) is 2. The summed E-state index contributed by atoms with van der Waals surface area (Å²) in [4.78, 5) is 25.0. The van der Waals surface area contributed by atoms with Crippen LogP contribution in [0.4, 0.5) is 5.69 Å². The lowest BCUT2D eigenvalue weighted by Gasteiger charge is -2.35. The number of anilines is 1. The minimum Gasteiger partial charge on any atom is -0.377 e. The Morgan fingerprint density at radius 2 is 2.00 bits per heavy atom. The van der Waals surface area contributed by atoms with Crippen LogP contribution in [-0.2, 0) is 17.9 Å². The van der Waals surface area contributed by atoms with E-state index < -0.39 is 0 Å². The van der Waals surface area contributed by atoms with Crippen LogP contribution in [0.3, 0.4) is 0 Å². The van der Waals surface area contributed by atoms with Crippen molar-refractivity contribution in [3.63, 3.8) is 0 Å². The molecule has 4 aliphatic rings. The highest BCUT2D eigenvalue weighted by Gasteiger charge is 2.57. The lowest BCUT2D eigenvalue weighted by atomic mass is 9.80. The zero-order valence-electron chi connectivity index (χ0n) is 16.0. The molecule has 2 aromatic rings. The molecule has 0 spiro atoms. The average molecular weight is 459 g/mol. The molecule has 2 unspecified atom stereocenters. The Labute approximate surface area is 176 Å². The number of aromatic nitrogens is 4. The molecule has 9 heteroatoms. The largest absolute Gasteiger partial charge is 0.377 e. The SMILES string of the molecule is O=C(Cn1ncc(NC23CC4CC(CC2C4)C3)c(Br)c1=O)NCc1ccnnc1. The van der Waals surface area contributed by atoms with Crippen molar-refractivity contribution >= 4 is 27.5 Å². The molecule has 0 radical (unpaired) electrons. The van der Waals surface area contributed by atoms with Gasteiger partial charge in [0, 0.05) is 18.3 Å². The van der Waals surface area contributed by atoms with Gasteiger partial charge in [-0.2, -0.15) is 15.3 Å². The Morgan fingerprint density at radius 1 is 1.21 bits per heavy atom. The molecule has 4 saturated carbocycles. The van der Waals surface area contributed by atoms with Crippen LogP contribution in [0.2, 0.25) is 0 Å². The van der Waals surface area contributed by atoms with Gasteiger partial charge in [-0.3, -0.25) is 9.59 Å². The number of nitrogens with zero attached hydrogens (tertiary/aromatic N) is 4. The zero-order valence-corrected chi connectivity index (χ0v) is 17.6. The second-order valence-corrected chi connectivity index (χ2v) is 9.48. The van der Waals surface area contributed by atoms with Crippen LogP contribution in [0, 0.1) is 17.8 Å². The third-order valence-electron chi connectivity index (χ3n) is 6.79.